The van der Waals surface area contributed by atoms with Gasteiger partial charge in [-0.1, -0.05) is 17.7 Å². The topological polar surface area (TPSA) is 76.4 Å². The molecular formula is C20H13ClF3NO4S. The lowest BCUT2D eigenvalue weighted by molar-refractivity contribution is -0.138. The van der Waals surface area contributed by atoms with E-state index in [4.69, 9.17) is 11.6 Å². The largest absolute Gasteiger partial charge is 0.480 e. The summed E-state index contributed by atoms with van der Waals surface area (Å²) in [6, 6.07) is 7.16. The van der Waals surface area contributed by atoms with Crippen LogP contribution in [-0.2, 0) is 27.4 Å². The number of nitrogens with zero attached hydrogens (tertiary/aromatic N) is 1. The molecule has 10 heteroatoms. The molecule has 0 saturated carbocycles. The summed E-state index contributed by atoms with van der Waals surface area (Å²) >= 11 is 6.05. The van der Waals surface area contributed by atoms with Crippen molar-refractivity contribution in [1.82, 2.24) is 4.57 Å². The molecule has 0 fully saturated rings. The number of halogens is 4. The molecule has 0 atom stereocenters. The van der Waals surface area contributed by atoms with Crippen LogP contribution in [0.3, 0.4) is 0 Å². The third kappa shape index (κ3) is 3.18. The number of carboxylic acids is 1. The summed E-state index contributed by atoms with van der Waals surface area (Å²) in [6.07, 6.45) is -4.65. The van der Waals surface area contributed by atoms with Crippen LogP contribution in [-0.4, -0.2) is 24.1 Å². The Bertz CT molecular complexity index is 1370. The molecule has 1 aliphatic heterocycles. The summed E-state index contributed by atoms with van der Waals surface area (Å²) in [5.41, 5.74) is 0.239. The van der Waals surface area contributed by atoms with Gasteiger partial charge < -0.3 is 9.67 Å². The van der Waals surface area contributed by atoms with E-state index in [0.717, 1.165) is 23.6 Å². The van der Waals surface area contributed by atoms with E-state index in [-0.39, 0.29) is 16.0 Å². The fourth-order valence-electron chi connectivity index (χ4n) is 3.77. The zero-order valence-corrected chi connectivity index (χ0v) is 16.9. The lowest BCUT2D eigenvalue weighted by atomic mass is 9.95. The molecular weight excluding hydrogens is 443 g/mol. The third-order valence-electron chi connectivity index (χ3n) is 5.03. The molecule has 0 radical (unpaired) electrons. The van der Waals surface area contributed by atoms with Crippen LogP contribution in [0.2, 0.25) is 5.02 Å². The summed E-state index contributed by atoms with van der Waals surface area (Å²) in [5.74, 6) is -1.13. The Kier molecular flexibility index (Phi) is 4.52. The molecule has 0 saturated heterocycles. The Morgan fingerprint density at radius 1 is 1.17 bits per heavy atom. The summed E-state index contributed by atoms with van der Waals surface area (Å²) in [5, 5.41) is 11.0. The number of sulfone groups is 1. The summed E-state index contributed by atoms with van der Waals surface area (Å²) in [4.78, 5) is 11.1. The number of benzene rings is 2. The van der Waals surface area contributed by atoms with Crippen LogP contribution < -0.4 is 0 Å². The van der Waals surface area contributed by atoms with E-state index in [1.807, 2.05) is 0 Å². The summed E-state index contributed by atoms with van der Waals surface area (Å²) in [6.45, 7) is 1.17. The quantitative estimate of drug-likeness (QED) is 0.610. The molecule has 2 aromatic carbocycles. The van der Waals surface area contributed by atoms with E-state index >= 15 is 0 Å². The second-order valence-corrected chi connectivity index (χ2v) is 9.09. The minimum absolute atomic E-state index is 0.0720. The van der Waals surface area contributed by atoms with Crippen LogP contribution in [0.4, 0.5) is 13.2 Å². The third-order valence-corrected chi connectivity index (χ3v) is 6.78. The van der Waals surface area contributed by atoms with Gasteiger partial charge in [0.25, 0.3) is 0 Å². The number of hydrogen-bond acceptors (Lipinski definition) is 3. The van der Waals surface area contributed by atoms with Crippen molar-refractivity contribution in [2.75, 3.05) is 0 Å². The monoisotopic (exact) mass is 455 g/mol. The molecule has 1 aliphatic rings. The molecule has 0 spiro atoms. The summed E-state index contributed by atoms with van der Waals surface area (Å²) in [7, 11) is -3.95. The minimum atomic E-state index is -4.65. The average Bonchev–Trinajstić information content (AvgIpc) is 3.05. The molecule has 0 unspecified atom stereocenters. The zero-order valence-electron chi connectivity index (χ0n) is 15.3. The van der Waals surface area contributed by atoms with Gasteiger partial charge in [-0.25, -0.2) is 8.42 Å². The van der Waals surface area contributed by atoms with E-state index in [1.54, 1.807) is 19.1 Å². The van der Waals surface area contributed by atoms with Gasteiger partial charge in [0.15, 0.2) is 0 Å². The summed E-state index contributed by atoms with van der Waals surface area (Å²) < 4.78 is 66.4. The van der Waals surface area contributed by atoms with Gasteiger partial charge in [0.1, 0.15) is 6.54 Å². The number of aliphatic carboxylic acids is 1. The number of alkyl halides is 3. The van der Waals surface area contributed by atoms with Crippen molar-refractivity contribution in [2.45, 2.75) is 24.5 Å². The van der Waals surface area contributed by atoms with Gasteiger partial charge in [-0.3, -0.25) is 4.79 Å². The Balaban J connectivity index is 2.06. The predicted molar refractivity (Wildman–Crippen MR) is 105 cm³/mol. The highest BCUT2D eigenvalue weighted by Gasteiger charge is 2.36. The molecule has 4 rings (SSSR count). The Labute approximate surface area is 173 Å². The van der Waals surface area contributed by atoms with Crippen LogP contribution >= 0.6 is 11.6 Å². The van der Waals surface area contributed by atoms with E-state index in [0.29, 0.717) is 27.2 Å². The number of carboxylic acid groups (broad SMARTS) is 1. The Morgan fingerprint density at radius 3 is 2.50 bits per heavy atom. The van der Waals surface area contributed by atoms with Gasteiger partial charge in [-0.15, -0.1) is 0 Å². The van der Waals surface area contributed by atoms with Crippen LogP contribution in [0.25, 0.3) is 16.5 Å². The van der Waals surface area contributed by atoms with Crippen molar-refractivity contribution in [2.24, 2.45) is 0 Å². The second-order valence-electron chi connectivity index (χ2n) is 6.89. The van der Waals surface area contributed by atoms with E-state index in [2.05, 4.69) is 0 Å². The molecule has 0 bridgehead atoms. The maximum Gasteiger partial charge on any atom is 0.416 e. The van der Waals surface area contributed by atoms with Crippen LogP contribution in [0.15, 0.2) is 46.7 Å². The van der Waals surface area contributed by atoms with Crippen molar-refractivity contribution in [3.05, 3.63) is 69.2 Å². The smallest absolute Gasteiger partial charge is 0.416 e. The molecule has 5 nitrogen and oxygen atoms in total. The first kappa shape index (κ1) is 20.5. The maximum atomic E-state index is 13.2. The molecule has 1 N–H and O–H groups in total. The van der Waals surface area contributed by atoms with Crippen LogP contribution in [0.1, 0.15) is 22.4 Å². The second kappa shape index (κ2) is 6.61. The van der Waals surface area contributed by atoms with Crippen LogP contribution in [0, 0.1) is 6.92 Å². The maximum absolute atomic E-state index is 13.2. The molecule has 0 amide bonds. The van der Waals surface area contributed by atoms with Gasteiger partial charge >= 0.3 is 12.1 Å². The minimum Gasteiger partial charge on any atom is -0.480 e. The van der Waals surface area contributed by atoms with Crippen molar-refractivity contribution in [1.29, 1.82) is 0 Å². The van der Waals surface area contributed by atoms with Gasteiger partial charge in [0.05, 0.1) is 16.0 Å². The van der Waals surface area contributed by atoms with E-state index < -0.39 is 34.1 Å². The van der Waals surface area contributed by atoms with Crippen LogP contribution in [0.5, 0.6) is 0 Å². The molecule has 1 aromatic heterocycles. The van der Waals surface area contributed by atoms with Gasteiger partial charge in [0.2, 0.25) is 9.84 Å². The molecule has 156 valence electrons. The van der Waals surface area contributed by atoms with Crippen molar-refractivity contribution >= 4 is 43.9 Å². The Hall–Kier alpha value is -2.78. The lowest BCUT2D eigenvalue weighted by Gasteiger charge is -2.11. The zero-order chi connectivity index (χ0) is 22.0. The first-order valence-corrected chi connectivity index (χ1v) is 10.5. The number of hydrogen-bond donors (Lipinski definition) is 1. The van der Waals surface area contributed by atoms with Crippen molar-refractivity contribution < 1.29 is 31.5 Å². The van der Waals surface area contributed by atoms with Gasteiger partial charge in [0, 0.05) is 38.2 Å². The molecule has 0 aliphatic carbocycles. The standard InChI is InChI=1S/C20H13ClF3NO4S/c1-10-19(13-4-3-12(21)7-16(13)25(10)8-18(26)27)15-9-30(28,29)17-5-2-11(6-14(15)17)20(22,23)24/h2-7,9H,8H2,1H3,(H,26,27). The highest BCUT2D eigenvalue weighted by Crippen LogP contribution is 2.44. The van der Waals surface area contributed by atoms with Gasteiger partial charge in [-0.2, -0.15) is 13.2 Å². The average molecular weight is 456 g/mol. The normalized spacial score (nSPS) is 15.3. The van der Waals surface area contributed by atoms with Crippen molar-refractivity contribution in [3.8, 4) is 0 Å². The highest BCUT2D eigenvalue weighted by atomic mass is 35.5. The molecule has 30 heavy (non-hydrogen) atoms. The highest BCUT2D eigenvalue weighted by molar-refractivity contribution is 7.95. The number of rotatable bonds is 3. The fraction of sp³-hybridized carbons (Fsp3) is 0.150. The SMILES string of the molecule is Cc1c(C2=CS(=O)(=O)c3ccc(C(F)(F)F)cc32)c2ccc(Cl)cc2n1CC(=O)O. The van der Waals surface area contributed by atoms with E-state index in [9.17, 15) is 31.5 Å². The molecule has 2 heterocycles. The first-order valence-electron chi connectivity index (χ1n) is 8.59. The lowest BCUT2D eigenvalue weighted by Crippen LogP contribution is -2.10. The Morgan fingerprint density at radius 2 is 1.87 bits per heavy atom. The fourth-order valence-corrected chi connectivity index (χ4v) is 5.35. The number of fused-ring (bicyclic) bond motifs is 2. The van der Waals surface area contributed by atoms with Crippen molar-refractivity contribution in [3.63, 3.8) is 0 Å². The number of carbonyl (C=O) groups is 1. The number of aromatic nitrogens is 1. The molecule has 3 aromatic rings. The first-order chi connectivity index (χ1) is 13.9. The van der Waals surface area contributed by atoms with Gasteiger partial charge in [-0.05, 0) is 37.3 Å². The van der Waals surface area contributed by atoms with E-state index in [1.165, 1.54) is 10.6 Å². The predicted octanol–water partition coefficient (Wildman–Crippen LogP) is 4.88.